The molecule has 0 bridgehead atoms. The molecule has 1 amide bonds. The van der Waals surface area contributed by atoms with Crippen LogP contribution in [0.4, 0.5) is 0 Å². The highest BCUT2D eigenvalue weighted by molar-refractivity contribution is 7.88. The molecule has 0 spiro atoms. The summed E-state index contributed by atoms with van der Waals surface area (Å²) in [6.07, 6.45) is 3.70. The minimum Gasteiger partial charge on any atom is -0.349 e. The topological polar surface area (TPSA) is 79.4 Å². The average molecular weight is 352 g/mol. The van der Waals surface area contributed by atoms with E-state index < -0.39 is 10.0 Å². The van der Waals surface area contributed by atoms with Gasteiger partial charge < -0.3 is 5.32 Å². The third kappa shape index (κ3) is 4.29. The predicted molar refractivity (Wildman–Crippen MR) is 81.2 cm³/mol. The molecule has 0 unspecified atom stereocenters. The highest BCUT2D eigenvalue weighted by Crippen LogP contribution is 2.20. The van der Waals surface area contributed by atoms with Crippen molar-refractivity contribution in [2.24, 2.45) is 0 Å². The summed E-state index contributed by atoms with van der Waals surface area (Å²) in [4.78, 5) is 15.9. The van der Waals surface area contributed by atoms with Crippen LogP contribution in [0.1, 0.15) is 23.2 Å². The summed E-state index contributed by atoms with van der Waals surface area (Å²) in [5.41, 5.74) is 0.329. The largest absolute Gasteiger partial charge is 0.349 e. The van der Waals surface area contributed by atoms with Crippen molar-refractivity contribution in [2.75, 3.05) is 19.3 Å². The second-order valence-corrected chi connectivity index (χ2v) is 7.65. The normalized spacial score (nSPS) is 17.7. The van der Waals surface area contributed by atoms with Gasteiger partial charge in [0.25, 0.3) is 5.91 Å². The first-order valence-electron chi connectivity index (χ1n) is 6.34. The fourth-order valence-corrected chi connectivity index (χ4v) is 3.29. The smallest absolute Gasteiger partial charge is 0.253 e. The van der Waals surface area contributed by atoms with E-state index in [9.17, 15) is 13.2 Å². The van der Waals surface area contributed by atoms with Crippen molar-refractivity contribution >= 4 is 39.1 Å². The van der Waals surface area contributed by atoms with Crippen molar-refractivity contribution in [3.05, 3.63) is 28.0 Å². The molecule has 1 saturated heterocycles. The van der Waals surface area contributed by atoms with Gasteiger partial charge in [0.1, 0.15) is 5.15 Å². The molecular formula is C12H15Cl2N3O3S. The molecule has 2 rings (SSSR count). The number of nitrogens with one attached hydrogen (secondary N) is 1. The van der Waals surface area contributed by atoms with E-state index in [1.54, 1.807) is 0 Å². The summed E-state index contributed by atoms with van der Waals surface area (Å²) in [6, 6.07) is 1.39. The predicted octanol–water partition coefficient (Wildman–Crippen LogP) is 1.54. The standard InChI is InChI=1S/C12H15Cl2N3O3S/c1-21(19,20)17-4-2-9(3-5-17)16-12(18)8-6-10(13)11(14)15-7-8/h6-7,9H,2-5H2,1H3,(H,16,18). The molecule has 1 aliphatic rings. The Kier molecular flexibility index (Phi) is 5.08. The molecule has 21 heavy (non-hydrogen) atoms. The van der Waals surface area contributed by atoms with Gasteiger partial charge in [0, 0.05) is 25.3 Å². The zero-order valence-corrected chi connectivity index (χ0v) is 13.7. The number of hydrogen-bond donors (Lipinski definition) is 1. The number of hydrogen-bond acceptors (Lipinski definition) is 4. The number of nitrogens with zero attached hydrogens (tertiary/aromatic N) is 2. The number of pyridine rings is 1. The fourth-order valence-electron chi connectivity index (χ4n) is 2.15. The zero-order chi connectivity index (χ0) is 15.6. The number of rotatable bonds is 3. The van der Waals surface area contributed by atoms with Gasteiger partial charge in [0.2, 0.25) is 10.0 Å². The summed E-state index contributed by atoms with van der Waals surface area (Å²) in [7, 11) is -3.16. The van der Waals surface area contributed by atoms with Crippen LogP contribution < -0.4 is 5.32 Å². The van der Waals surface area contributed by atoms with Gasteiger partial charge >= 0.3 is 0 Å². The molecule has 0 saturated carbocycles. The molecule has 1 N–H and O–H groups in total. The average Bonchev–Trinajstić information content (AvgIpc) is 2.41. The molecule has 1 aromatic heterocycles. The van der Waals surface area contributed by atoms with Crippen molar-refractivity contribution in [1.82, 2.24) is 14.6 Å². The lowest BCUT2D eigenvalue weighted by Gasteiger charge is -2.30. The van der Waals surface area contributed by atoms with Crippen molar-refractivity contribution in [3.63, 3.8) is 0 Å². The molecule has 9 heteroatoms. The van der Waals surface area contributed by atoms with Crippen LogP contribution >= 0.6 is 23.2 Å². The van der Waals surface area contributed by atoms with Crippen LogP contribution in [0.3, 0.4) is 0 Å². The highest BCUT2D eigenvalue weighted by atomic mass is 35.5. The Bertz CT molecular complexity index is 643. The Morgan fingerprint density at radius 3 is 2.52 bits per heavy atom. The van der Waals surface area contributed by atoms with Gasteiger partial charge in [-0.05, 0) is 18.9 Å². The lowest BCUT2D eigenvalue weighted by Crippen LogP contribution is -2.46. The molecule has 1 aliphatic heterocycles. The maximum absolute atomic E-state index is 12.1. The number of halogens is 2. The molecule has 0 radical (unpaired) electrons. The van der Waals surface area contributed by atoms with Crippen LogP contribution in [0, 0.1) is 0 Å². The van der Waals surface area contributed by atoms with E-state index in [2.05, 4.69) is 10.3 Å². The minimum atomic E-state index is -3.16. The summed E-state index contributed by atoms with van der Waals surface area (Å²) in [6.45, 7) is 0.812. The molecule has 1 aromatic rings. The number of carbonyl (C=O) groups is 1. The third-order valence-corrected chi connectivity index (χ3v) is 5.31. The lowest BCUT2D eigenvalue weighted by atomic mass is 10.1. The monoisotopic (exact) mass is 351 g/mol. The van der Waals surface area contributed by atoms with Crippen LogP contribution in [0.15, 0.2) is 12.3 Å². The number of aromatic nitrogens is 1. The van der Waals surface area contributed by atoms with E-state index in [4.69, 9.17) is 23.2 Å². The quantitative estimate of drug-likeness (QED) is 0.837. The van der Waals surface area contributed by atoms with Gasteiger partial charge in [-0.3, -0.25) is 4.79 Å². The second kappa shape index (κ2) is 6.48. The minimum absolute atomic E-state index is 0.0649. The second-order valence-electron chi connectivity index (χ2n) is 4.91. The SMILES string of the molecule is CS(=O)(=O)N1CCC(NC(=O)c2cnc(Cl)c(Cl)c2)CC1. The summed E-state index contributed by atoms with van der Waals surface area (Å²) >= 11 is 11.5. The van der Waals surface area contributed by atoms with Crippen molar-refractivity contribution < 1.29 is 13.2 Å². The lowest BCUT2D eigenvalue weighted by molar-refractivity contribution is 0.0923. The molecule has 0 atom stereocenters. The molecule has 1 fully saturated rings. The van der Waals surface area contributed by atoms with Gasteiger partial charge in [-0.15, -0.1) is 0 Å². The summed E-state index contributed by atoms with van der Waals surface area (Å²) in [5, 5.41) is 3.22. The van der Waals surface area contributed by atoms with Crippen LogP contribution in [-0.2, 0) is 10.0 Å². The first kappa shape index (κ1) is 16.5. The van der Waals surface area contributed by atoms with Gasteiger partial charge in [-0.2, -0.15) is 0 Å². The van der Waals surface area contributed by atoms with E-state index in [0.717, 1.165) is 0 Å². The maximum Gasteiger partial charge on any atom is 0.253 e. The van der Waals surface area contributed by atoms with Crippen molar-refractivity contribution in [1.29, 1.82) is 0 Å². The van der Waals surface area contributed by atoms with Crippen molar-refractivity contribution in [3.8, 4) is 0 Å². The number of sulfonamides is 1. The van der Waals surface area contributed by atoms with Gasteiger partial charge in [0.15, 0.2) is 0 Å². The van der Waals surface area contributed by atoms with Crippen LogP contribution in [0.25, 0.3) is 0 Å². The summed E-state index contributed by atoms with van der Waals surface area (Å²) < 4.78 is 24.2. The Labute approximate surface area is 133 Å². The molecule has 116 valence electrons. The number of amides is 1. The van der Waals surface area contributed by atoms with Gasteiger partial charge in [0.05, 0.1) is 16.8 Å². The number of piperidine rings is 1. The van der Waals surface area contributed by atoms with Gasteiger partial charge in [-0.25, -0.2) is 17.7 Å². The molecule has 2 heterocycles. The number of carbonyl (C=O) groups excluding carboxylic acids is 1. The van der Waals surface area contributed by atoms with E-state index >= 15 is 0 Å². The van der Waals surface area contributed by atoms with Gasteiger partial charge in [-0.1, -0.05) is 23.2 Å². The highest BCUT2D eigenvalue weighted by Gasteiger charge is 2.26. The fraction of sp³-hybridized carbons (Fsp3) is 0.500. The molecular weight excluding hydrogens is 337 g/mol. The molecule has 0 aliphatic carbocycles. The first-order chi connectivity index (χ1) is 9.77. The van der Waals surface area contributed by atoms with Crippen LogP contribution in [0.5, 0.6) is 0 Å². The Morgan fingerprint density at radius 1 is 1.38 bits per heavy atom. The van der Waals surface area contributed by atoms with E-state index in [1.165, 1.54) is 22.8 Å². The van der Waals surface area contributed by atoms with Crippen LogP contribution in [0.2, 0.25) is 10.2 Å². The Balaban J connectivity index is 1.94. The van der Waals surface area contributed by atoms with Crippen molar-refractivity contribution in [2.45, 2.75) is 18.9 Å². The maximum atomic E-state index is 12.1. The van der Waals surface area contributed by atoms with Crippen LogP contribution in [-0.4, -0.2) is 49.0 Å². The molecule has 0 aromatic carbocycles. The third-order valence-electron chi connectivity index (χ3n) is 3.32. The Morgan fingerprint density at radius 2 is 2.00 bits per heavy atom. The Hall–Kier alpha value is -0.890. The molecule has 6 nitrogen and oxygen atoms in total. The van der Waals surface area contributed by atoms with E-state index in [0.29, 0.717) is 31.5 Å². The van der Waals surface area contributed by atoms with E-state index in [-0.39, 0.29) is 22.1 Å². The van der Waals surface area contributed by atoms with E-state index in [1.807, 2.05) is 0 Å². The zero-order valence-electron chi connectivity index (χ0n) is 11.3. The first-order valence-corrected chi connectivity index (χ1v) is 8.95. The summed E-state index contributed by atoms with van der Waals surface area (Å²) in [5.74, 6) is -0.293.